The third kappa shape index (κ3) is 4.91. The first-order chi connectivity index (χ1) is 14.5. The number of halogens is 1. The summed E-state index contributed by atoms with van der Waals surface area (Å²) in [4.78, 5) is 32.1. The molecule has 30 heavy (non-hydrogen) atoms. The summed E-state index contributed by atoms with van der Waals surface area (Å²) in [6, 6.07) is 15.6. The Labute approximate surface area is 186 Å². The van der Waals surface area contributed by atoms with Gasteiger partial charge in [-0.3, -0.25) is 14.5 Å². The molecule has 6 nitrogen and oxygen atoms in total. The third-order valence-electron chi connectivity index (χ3n) is 5.84. The van der Waals surface area contributed by atoms with Gasteiger partial charge >= 0.3 is 0 Å². The topological polar surface area (TPSA) is 55.9 Å². The molecule has 1 atom stereocenters. The van der Waals surface area contributed by atoms with E-state index in [-0.39, 0.29) is 11.8 Å². The van der Waals surface area contributed by atoms with Gasteiger partial charge in [-0.2, -0.15) is 0 Å². The van der Waals surface area contributed by atoms with E-state index in [1.165, 1.54) is 5.56 Å². The second-order valence-electron chi connectivity index (χ2n) is 8.08. The normalized spacial score (nSPS) is 20.5. The first kappa shape index (κ1) is 21.0. The van der Waals surface area contributed by atoms with E-state index in [2.05, 4.69) is 44.2 Å². The molecule has 2 aliphatic rings. The molecule has 2 aliphatic heterocycles. The van der Waals surface area contributed by atoms with Crippen LogP contribution in [0.4, 0.5) is 11.4 Å². The monoisotopic (exact) mass is 470 g/mol. The van der Waals surface area contributed by atoms with Gasteiger partial charge in [-0.15, -0.1) is 0 Å². The minimum absolute atomic E-state index is 0.140. The van der Waals surface area contributed by atoms with Crippen molar-refractivity contribution < 1.29 is 9.59 Å². The third-order valence-corrected chi connectivity index (χ3v) is 6.33. The van der Waals surface area contributed by atoms with Crippen molar-refractivity contribution in [1.82, 2.24) is 9.80 Å². The summed E-state index contributed by atoms with van der Waals surface area (Å²) < 4.78 is 0.915. The van der Waals surface area contributed by atoms with Crippen LogP contribution < -0.4 is 10.2 Å². The summed E-state index contributed by atoms with van der Waals surface area (Å²) in [6.07, 6.45) is 0.526. The molecule has 0 bridgehead atoms. The van der Waals surface area contributed by atoms with Gasteiger partial charge in [0.05, 0.1) is 0 Å². The van der Waals surface area contributed by atoms with Crippen LogP contribution in [0.15, 0.2) is 53.0 Å². The van der Waals surface area contributed by atoms with Crippen molar-refractivity contribution in [3.8, 4) is 0 Å². The highest BCUT2D eigenvalue weighted by Crippen LogP contribution is 2.28. The van der Waals surface area contributed by atoms with Gasteiger partial charge in [0.1, 0.15) is 5.92 Å². The second kappa shape index (κ2) is 9.29. The summed E-state index contributed by atoms with van der Waals surface area (Å²) in [5.74, 6) is -1.02. The molecule has 2 aromatic carbocycles. The van der Waals surface area contributed by atoms with Crippen molar-refractivity contribution in [3.63, 3.8) is 0 Å². The van der Waals surface area contributed by atoms with Crippen LogP contribution in [0.5, 0.6) is 0 Å². The highest BCUT2D eigenvalue weighted by molar-refractivity contribution is 9.10. The summed E-state index contributed by atoms with van der Waals surface area (Å²) in [7, 11) is 2.15. The summed E-state index contributed by atoms with van der Waals surface area (Å²) in [5.41, 5.74) is 2.74. The molecular weight excluding hydrogens is 444 g/mol. The van der Waals surface area contributed by atoms with E-state index in [1.807, 2.05) is 42.5 Å². The lowest BCUT2D eigenvalue weighted by Crippen LogP contribution is -2.43. The van der Waals surface area contributed by atoms with Crippen LogP contribution >= 0.6 is 15.9 Å². The number of hydrogen-bond donors (Lipinski definition) is 1. The average molecular weight is 471 g/mol. The van der Waals surface area contributed by atoms with Gasteiger partial charge in [0, 0.05) is 55.1 Å². The zero-order valence-corrected chi connectivity index (χ0v) is 18.8. The van der Waals surface area contributed by atoms with E-state index in [0.717, 1.165) is 48.6 Å². The molecule has 7 heteroatoms. The highest BCUT2D eigenvalue weighted by Gasteiger charge is 2.37. The van der Waals surface area contributed by atoms with Crippen molar-refractivity contribution in [2.75, 3.05) is 50.0 Å². The van der Waals surface area contributed by atoms with Crippen LogP contribution in [0.3, 0.4) is 0 Å². The van der Waals surface area contributed by atoms with Crippen LogP contribution in [0, 0.1) is 5.92 Å². The average Bonchev–Trinajstić information content (AvgIpc) is 3.11. The number of piperazine rings is 1. The van der Waals surface area contributed by atoms with Crippen LogP contribution in [-0.4, -0.2) is 61.4 Å². The van der Waals surface area contributed by atoms with E-state index in [1.54, 1.807) is 4.90 Å². The lowest BCUT2D eigenvalue weighted by Gasteiger charge is -2.32. The fourth-order valence-electron chi connectivity index (χ4n) is 4.06. The van der Waals surface area contributed by atoms with Gasteiger partial charge in [-0.1, -0.05) is 34.1 Å². The molecular formula is C23H27BrN4O2. The van der Waals surface area contributed by atoms with Gasteiger partial charge in [0.15, 0.2) is 0 Å². The number of nitrogens with zero attached hydrogens (tertiary/aromatic N) is 3. The zero-order valence-electron chi connectivity index (χ0n) is 17.2. The smallest absolute Gasteiger partial charge is 0.239 e. The molecule has 2 saturated heterocycles. The molecule has 0 aliphatic carbocycles. The number of carbonyl (C=O) groups excluding carboxylic acids is 2. The molecule has 0 saturated carbocycles. The van der Waals surface area contributed by atoms with Gasteiger partial charge in [0.25, 0.3) is 0 Å². The van der Waals surface area contributed by atoms with Crippen molar-refractivity contribution in [2.24, 2.45) is 5.92 Å². The Morgan fingerprint density at radius 2 is 1.83 bits per heavy atom. The number of anilines is 2. The first-order valence-corrected chi connectivity index (χ1v) is 11.2. The molecule has 1 unspecified atom stereocenters. The molecule has 2 aromatic rings. The fraction of sp³-hybridized carbons (Fsp3) is 0.391. The number of benzene rings is 2. The minimum atomic E-state index is -0.648. The zero-order chi connectivity index (χ0) is 21.1. The van der Waals surface area contributed by atoms with Crippen LogP contribution in [0.2, 0.25) is 0 Å². The molecule has 2 fully saturated rings. The Morgan fingerprint density at radius 3 is 2.60 bits per heavy atom. The van der Waals surface area contributed by atoms with Crippen molar-refractivity contribution in [2.45, 2.75) is 13.0 Å². The molecule has 158 valence electrons. The molecule has 2 heterocycles. The number of nitrogens with one attached hydrogen (secondary N) is 1. The maximum Gasteiger partial charge on any atom is 0.239 e. The quantitative estimate of drug-likeness (QED) is 0.681. The number of hydrogen-bond acceptors (Lipinski definition) is 4. The van der Waals surface area contributed by atoms with Crippen molar-refractivity contribution in [1.29, 1.82) is 0 Å². The number of amides is 2. The minimum Gasteiger partial charge on any atom is -0.325 e. The SMILES string of the molecule is CN1CCN(Cc2cccc(NC(=O)C3CCN(c4cccc(Br)c4)C3=O)c2)CC1. The lowest BCUT2D eigenvalue weighted by atomic mass is 10.1. The first-order valence-electron chi connectivity index (χ1n) is 10.4. The van der Waals surface area contributed by atoms with E-state index in [4.69, 9.17) is 0 Å². The Balaban J connectivity index is 1.37. The van der Waals surface area contributed by atoms with Gasteiger partial charge in [-0.25, -0.2) is 0 Å². The Kier molecular flexibility index (Phi) is 6.51. The molecule has 1 N–H and O–H groups in total. The van der Waals surface area contributed by atoms with Crippen molar-refractivity contribution in [3.05, 3.63) is 58.6 Å². The Bertz CT molecular complexity index is 927. The van der Waals surface area contributed by atoms with E-state index < -0.39 is 5.92 Å². The number of rotatable bonds is 5. The number of likely N-dealkylation sites (N-methyl/N-ethyl adjacent to an activating group) is 1. The van der Waals surface area contributed by atoms with Crippen LogP contribution in [0.25, 0.3) is 0 Å². The largest absolute Gasteiger partial charge is 0.325 e. The Hall–Kier alpha value is -2.22. The predicted octanol–water partition coefficient (Wildman–Crippen LogP) is 3.19. The summed E-state index contributed by atoms with van der Waals surface area (Å²) >= 11 is 3.44. The summed E-state index contributed by atoms with van der Waals surface area (Å²) in [5, 5.41) is 2.96. The Morgan fingerprint density at radius 1 is 1.07 bits per heavy atom. The molecule has 4 rings (SSSR count). The predicted molar refractivity (Wildman–Crippen MR) is 122 cm³/mol. The highest BCUT2D eigenvalue weighted by atomic mass is 79.9. The fourth-order valence-corrected chi connectivity index (χ4v) is 4.45. The van der Waals surface area contributed by atoms with Crippen LogP contribution in [0.1, 0.15) is 12.0 Å². The van der Waals surface area contributed by atoms with Gasteiger partial charge < -0.3 is 15.1 Å². The van der Waals surface area contributed by atoms with Gasteiger partial charge in [-0.05, 0) is 49.4 Å². The molecule has 0 aromatic heterocycles. The summed E-state index contributed by atoms with van der Waals surface area (Å²) in [6.45, 7) is 5.68. The number of carbonyl (C=O) groups is 2. The molecule has 0 radical (unpaired) electrons. The van der Waals surface area contributed by atoms with Gasteiger partial charge in [0.2, 0.25) is 11.8 Å². The second-order valence-corrected chi connectivity index (χ2v) is 9.00. The molecule has 2 amide bonds. The maximum absolute atomic E-state index is 12.8. The van der Waals surface area contributed by atoms with Crippen molar-refractivity contribution >= 4 is 39.1 Å². The van der Waals surface area contributed by atoms with E-state index in [9.17, 15) is 9.59 Å². The molecule has 0 spiro atoms. The van der Waals surface area contributed by atoms with Crippen LogP contribution in [-0.2, 0) is 16.1 Å². The van der Waals surface area contributed by atoms with E-state index >= 15 is 0 Å². The maximum atomic E-state index is 12.8. The van der Waals surface area contributed by atoms with E-state index in [0.29, 0.717) is 13.0 Å². The lowest BCUT2D eigenvalue weighted by molar-refractivity contribution is -0.129. The standard InChI is InChI=1S/C23H27BrN4O2/c1-26-10-12-27(13-11-26)16-17-4-2-6-19(14-17)25-22(29)21-8-9-28(23(21)30)20-7-3-5-18(24)15-20/h2-7,14-15,21H,8-13,16H2,1H3,(H,25,29).